The normalized spacial score (nSPS) is 27.1. The van der Waals surface area contributed by atoms with Crippen LogP contribution in [0, 0.1) is 5.92 Å². The molecule has 84 valence electrons. The average molecular weight is 209 g/mol. The highest BCUT2D eigenvalue weighted by atomic mass is 16.5. The lowest BCUT2D eigenvalue weighted by molar-refractivity contribution is -0.00159. The van der Waals surface area contributed by atoms with Crippen LogP contribution in [0.2, 0.25) is 0 Å². The fourth-order valence-corrected chi connectivity index (χ4v) is 2.02. The molecule has 0 aliphatic carbocycles. The summed E-state index contributed by atoms with van der Waals surface area (Å²) in [5.41, 5.74) is 1.13. The van der Waals surface area contributed by atoms with Gasteiger partial charge in [-0.3, -0.25) is 0 Å². The van der Waals surface area contributed by atoms with E-state index in [0.717, 1.165) is 24.6 Å². The maximum absolute atomic E-state index is 5.81. The maximum Gasteiger partial charge on any atom is 0.0980 e. The highest BCUT2D eigenvalue weighted by molar-refractivity contribution is 5.10. The molecular weight excluding hydrogens is 190 g/mol. The number of rotatable bonds is 3. The molecule has 0 amide bonds. The van der Waals surface area contributed by atoms with Crippen LogP contribution in [0.5, 0.6) is 0 Å². The van der Waals surface area contributed by atoms with Crippen molar-refractivity contribution in [2.75, 3.05) is 13.2 Å². The van der Waals surface area contributed by atoms with Gasteiger partial charge in [-0.05, 0) is 18.4 Å². The second-order valence-corrected chi connectivity index (χ2v) is 4.61. The first kappa shape index (κ1) is 10.7. The molecule has 3 heteroatoms. The fourth-order valence-electron chi connectivity index (χ4n) is 2.02. The molecule has 1 aromatic rings. The van der Waals surface area contributed by atoms with E-state index in [1.54, 1.807) is 12.5 Å². The van der Waals surface area contributed by atoms with Crippen LogP contribution in [0.3, 0.4) is 0 Å². The number of hydrogen-bond donors (Lipinski definition) is 1. The molecule has 3 nitrogen and oxygen atoms in total. The molecule has 2 heterocycles. The third-order valence-electron chi connectivity index (χ3n) is 2.76. The van der Waals surface area contributed by atoms with Gasteiger partial charge in [0.05, 0.1) is 25.2 Å². The SMILES string of the molecule is CC(C)CC1COC(c2ccoc2)CN1. The molecule has 2 unspecified atom stereocenters. The summed E-state index contributed by atoms with van der Waals surface area (Å²) >= 11 is 0. The Bertz CT molecular complexity index is 274. The number of ether oxygens (including phenoxy) is 1. The molecule has 2 atom stereocenters. The lowest BCUT2D eigenvalue weighted by Gasteiger charge is -2.30. The van der Waals surface area contributed by atoms with E-state index in [0.29, 0.717) is 6.04 Å². The summed E-state index contributed by atoms with van der Waals surface area (Å²) in [5, 5.41) is 3.52. The molecule has 1 fully saturated rings. The van der Waals surface area contributed by atoms with Gasteiger partial charge in [0.15, 0.2) is 0 Å². The first-order valence-electron chi connectivity index (χ1n) is 5.63. The van der Waals surface area contributed by atoms with Gasteiger partial charge in [0.25, 0.3) is 0 Å². The Balaban J connectivity index is 1.82. The van der Waals surface area contributed by atoms with Gasteiger partial charge in [-0.2, -0.15) is 0 Å². The Hall–Kier alpha value is -0.800. The number of nitrogens with one attached hydrogen (secondary N) is 1. The summed E-state index contributed by atoms with van der Waals surface area (Å²) in [6.07, 6.45) is 4.79. The van der Waals surface area contributed by atoms with Gasteiger partial charge in [-0.15, -0.1) is 0 Å². The second-order valence-electron chi connectivity index (χ2n) is 4.61. The summed E-state index contributed by atoms with van der Waals surface area (Å²) < 4.78 is 10.9. The monoisotopic (exact) mass is 209 g/mol. The van der Waals surface area contributed by atoms with E-state index in [-0.39, 0.29) is 6.10 Å². The Kier molecular flexibility index (Phi) is 3.44. The van der Waals surface area contributed by atoms with Crippen molar-refractivity contribution in [2.45, 2.75) is 32.4 Å². The minimum Gasteiger partial charge on any atom is -0.472 e. The van der Waals surface area contributed by atoms with E-state index < -0.39 is 0 Å². The van der Waals surface area contributed by atoms with Crippen LogP contribution < -0.4 is 5.32 Å². The second kappa shape index (κ2) is 4.81. The molecule has 1 aliphatic heterocycles. The van der Waals surface area contributed by atoms with Crippen LogP contribution >= 0.6 is 0 Å². The molecule has 0 radical (unpaired) electrons. The lowest BCUT2D eigenvalue weighted by atomic mass is 10.0. The third-order valence-corrected chi connectivity index (χ3v) is 2.76. The minimum atomic E-state index is 0.159. The zero-order chi connectivity index (χ0) is 10.7. The van der Waals surface area contributed by atoms with Crippen LogP contribution in [0.25, 0.3) is 0 Å². The molecule has 15 heavy (non-hydrogen) atoms. The number of hydrogen-bond acceptors (Lipinski definition) is 3. The fraction of sp³-hybridized carbons (Fsp3) is 0.667. The average Bonchev–Trinajstić information content (AvgIpc) is 2.71. The van der Waals surface area contributed by atoms with Gasteiger partial charge in [0.2, 0.25) is 0 Å². The standard InChI is InChI=1S/C12H19NO2/c1-9(2)5-11-8-15-12(6-13-11)10-3-4-14-7-10/h3-4,7,9,11-13H,5-6,8H2,1-2H3. The zero-order valence-corrected chi connectivity index (χ0v) is 9.40. The third kappa shape index (κ3) is 2.83. The van der Waals surface area contributed by atoms with Crippen LogP contribution in [-0.2, 0) is 4.74 Å². The van der Waals surface area contributed by atoms with Crippen molar-refractivity contribution in [3.05, 3.63) is 24.2 Å². The molecule has 2 rings (SSSR count). The molecule has 0 aromatic carbocycles. The molecule has 1 N–H and O–H groups in total. The molecule has 0 saturated carbocycles. The molecule has 0 bridgehead atoms. The van der Waals surface area contributed by atoms with Crippen molar-refractivity contribution in [3.63, 3.8) is 0 Å². The van der Waals surface area contributed by atoms with Crippen LogP contribution in [0.4, 0.5) is 0 Å². The van der Waals surface area contributed by atoms with Crippen LogP contribution in [0.1, 0.15) is 31.9 Å². The van der Waals surface area contributed by atoms with E-state index in [1.165, 1.54) is 6.42 Å². The van der Waals surface area contributed by atoms with E-state index in [2.05, 4.69) is 19.2 Å². The van der Waals surface area contributed by atoms with Crippen LogP contribution in [0.15, 0.2) is 23.0 Å². The molecule has 1 saturated heterocycles. The van der Waals surface area contributed by atoms with E-state index in [1.807, 2.05) is 6.07 Å². The highest BCUT2D eigenvalue weighted by Crippen LogP contribution is 2.21. The Labute approximate surface area is 90.8 Å². The quantitative estimate of drug-likeness (QED) is 0.829. The first-order chi connectivity index (χ1) is 7.25. The van der Waals surface area contributed by atoms with Gasteiger partial charge in [-0.25, -0.2) is 0 Å². The highest BCUT2D eigenvalue weighted by Gasteiger charge is 2.23. The smallest absolute Gasteiger partial charge is 0.0980 e. The number of morpholine rings is 1. The molecule has 1 aromatic heterocycles. The van der Waals surface area contributed by atoms with Crippen molar-refractivity contribution in [2.24, 2.45) is 5.92 Å². The molecule has 0 spiro atoms. The van der Waals surface area contributed by atoms with Gasteiger partial charge in [-0.1, -0.05) is 13.8 Å². The maximum atomic E-state index is 5.81. The van der Waals surface area contributed by atoms with Crippen molar-refractivity contribution in [1.82, 2.24) is 5.32 Å². The van der Waals surface area contributed by atoms with Crippen LogP contribution in [-0.4, -0.2) is 19.2 Å². The van der Waals surface area contributed by atoms with Crippen molar-refractivity contribution >= 4 is 0 Å². The van der Waals surface area contributed by atoms with Gasteiger partial charge >= 0.3 is 0 Å². The topological polar surface area (TPSA) is 34.4 Å². The van der Waals surface area contributed by atoms with Gasteiger partial charge in [0.1, 0.15) is 0 Å². The Morgan fingerprint density at radius 1 is 1.53 bits per heavy atom. The van der Waals surface area contributed by atoms with E-state index in [4.69, 9.17) is 9.15 Å². The van der Waals surface area contributed by atoms with Gasteiger partial charge in [0, 0.05) is 18.2 Å². The molecule has 1 aliphatic rings. The van der Waals surface area contributed by atoms with E-state index >= 15 is 0 Å². The van der Waals surface area contributed by atoms with Crippen molar-refractivity contribution in [1.29, 1.82) is 0 Å². The largest absolute Gasteiger partial charge is 0.472 e. The summed E-state index contributed by atoms with van der Waals surface area (Å²) in [6.45, 7) is 6.17. The minimum absolute atomic E-state index is 0.159. The lowest BCUT2D eigenvalue weighted by Crippen LogP contribution is -2.43. The Morgan fingerprint density at radius 3 is 2.93 bits per heavy atom. The van der Waals surface area contributed by atoms with Crippen molar-refractivity contribution < 1.29 is 9.15 Å². The zero-order valence-electron chi connectivity index (χ0n) is 9.40. The summed E-state index contributed by atoms with van der Waals surface area (Å²) in [4.78, 5) is 0. The predicted molar refractivity (Wildman–Crippen MR) is 58.6 cm³/mol. The summed E-state index contributed by atoms with van der Waals surface area (Å²) in [5.74, 6) is 0.719. The molecular formula is C12H19NO2. The number of furan rings is 1. The summed E-state index contributed by atoms with van der Waals surface area (Å²) in [6, 6.07) is 2.47. The van der Waals surface area contributed by atoms with Crippen molar-refractivity contribution in [3.8, 4) is 0 Å². The van der Waals surface area contributed by atoms with E-state index in [9.17, 15) is 0 Å². The summed E-state index contributed by atoms with van der Waals surface area (Å²) in [7, 11) is 0. The predicted octanol–water partition coefficient (Wildman–Crippen LogP) is 2.36. The first-order valence-corrected chi connectivity index (χ1v) is 5.63. The van der Waals surface area contributed by atoms with Gasteiger partial charge < -0.3 is 14.5 Å². The Morgan fingerprint density at radius 2 is 2.40 bits per heavy atom.